The zero-order chi connectivity index (χ0) is 16.7. The first kappa shape index (κ1) is 17.6. The van der Waals surface area contributed by atoms with Gasteiger partial charge in [0.25, 0.3) is 0 Å². The number of amides is 2. The Hall–Kier alpha value is -1.75. The molecule has 0 bridgehead atoms. The summed E-state index contributed by atoms with van der Waals surface area (Å²) in [5.41, 5.74) is 1.24. The van der Waals surface area contributed by atoms with Gasteiger partial charge in [-0.25, -0.2) is 4.79 Å². The Morgan fingerprint density at radius 3 is 2.61 bits per heavy atom. The summed E-state index contributed by atoms with van der Waals surface area (Å²) < 4.78 is 0. The van der Waals surface area contributed by atoms with Crippen LogP contribution in [0.15, 0.2) is 30.3 Å². The predicted octanol–water partition coefficient (Wildman–Crippen LogP) is 2.25. The first-order valence-corrected chi connectivity index (χ1v) is 8.56. The molecule has 1 aliphatic rings. The van der Waals surface area contributed by atoms with Gasteiger partial charge in [-0.15, -0.1) is 0 Å². The van der Waals surface area contributed by atoms with E-state index in [1.807, 2.05) is 11.0 Å². The molecular weight excluding hydrogens is 288 g/mol. The minimum Gasteiger partial charge on any atom is -0.370 e. The minimum absolute atomic E-state index is 0.0752. The molecule has 2 amide bonds. The van der Waals surface area contributed by atoms with Gasteiger partial charge in [-0.2, -0.15) is 0 Å². The van der Waals surface area contributed by atoms with Crippen molar-refractivity contribution in [3.63, 3.8) is 0 Å². The molecular formula is C18H30N4O. The van der Waals surface area contributed by atoms with Crippen LogP contribution < -0.4 is 10.2 Å². The summed E-state index contributed by atoms with van der Waals surface area (Å²) in [6.45, 7) is 6.57. The van der Waals surface area contributed by atoms with Crippen molar-refractivity contribution < 1.29 is 4.79 Å². The maximum atomic E-state index is 12.4. The van der Waals surface area contributed by atoms with Gasteiger partial charge in [0.1, 0.15) is 0 Å². The number of carbonyl (C=O) groups excluding carboxylic acids is 1. The van der Waals surface area contributed by atoms with Gasteiger partial charge in [0.2, 0.25) is 0 Å². The fourth-order valence-corrected chi connectivity index (χ4v) is 2.84. The lowest BCUT2D eigenvalue weighted by molar-refractivity contribution is 0.196. The fourth-order valence-electron chi connectivity index (χ4n) is 2.84. The number of rotatable bonds is 5. The molecule has 0 saturated carbocycles. The van der Waals surface area contributed by atoms with E-state index in [4.69, 9.17) is 0 Å². The quantitative estimate of drug-likeness (QED) is 0.905. The third-order valence-corrected chi connectivity index (χ3v) is 4.28. The van der Waals surface area contributed by atoms with Gasteiger partial charge in [-0.1, -0.05) is 18.2 Å². The summed E-state index contributed by atoms with van der Waals surface area (Å²) in [6, 6.07) is 10.7. The van der Waals surface area contributed by atoms with E-state index in [0.29, 0.717) is 0 Å². The number of nitrogens with zero attached hydrogens (tertiary/aromatic N) is 3. The first-order valence-electron chi connectivity index (χ1n) is 8.56. The van der Waals surface area contributed by atoms with E-state index < -0.39 is 0 Å². The number of anilines is 1. The van der Waals surface area contributed by atoms with Gasteiger partial charge in [-0.3, -0.25) is 0 Å². The Morgan fingerprint density at radius 2 is 1.91 bits per heavy atom. The molecule has 1 aromatic rings. The number of carbonyl (C=O) groups is 1. The molecule has 0 aliphatic carbocycles. The van der Waals surface area contributed by atoms with Crippen molar-refractivity contribution in [2.45, 2.75) is 25.8 Å². The molecule has 1 heterocycles. The number of nitrogens with one attached hydrogen (secondary N) is 1. The van der Waals surface area contributed by atoms with Crippen molar-refractivity contribution in [3.05, 3.63) is 30.3 Å². The van der Waals surface area contributed by atoms with Crippen LogP contribution in [0.1, 0.15) is 19.8 Å². The fraction of sp³-hybridized carbons (Fsp3) is 0.611. The highest BCUT2D eigenvalue weighted by Crippen LogP contribution is 2.15. The van der Waals surface area contributed by atoms with Crippen LogP contribution in [0.25, 0.3) is 0 Å². The highest BCUT2D eigenvalue weighted by atomic mass is 16.2. The minimum atomic E-state index is 0.0752. The van der Waals surface area contributed by atoms with Gasteiger partial charge in [0.15, 0.2) is 0 Å². The molecule has 23 heavy (non-hydrogen) atoms. The highest BCUT2D eigenvalue weighted by molar-refractivity contribution is 5.74. The SMILES string of the molecule is CC(CCN(C)C)NC(=O)N1CCCN(c2ccccc2)CC1. The standard InChI is InChI=1S/C18H30N4O/c1-16(10-13-20(2)3)19-18(23)22-12-7-11-21(14-15-22)17-8-5-4-6-9-17/h4-6,8-9,16H,7,10-15H2,1-3H3,(H,19,23). The summed E-state index contributed by atoms with van der Waals surface area (Å²) in [7, 11) is 4.11. The molecule has 2 rings (SSSR count). The number of hydrogen-bond donors (Lipinski definition) is 1. The molecule has 0 aromatic heterocycles. The monoisotopic (exact) mass is 318 g/mol. The molecule has 5 heteroatoms. The molecule has 1 unspecified atom stereocenters. The molecule has 5 nitrogen and oxygen atoms in total. The van der Waals surface area contributed by atoms with Gasteiger partial charge in [-0.05, 0) is 52.5 Å². The van der Waals surface area contributed by atoms with Gasteiger partial charge in [0.05, 0.1) is 0 Å². The van der Waals surface area contributed by atoms with Crippen LogP contribution in [0.5, 0.6) is 0 Å². The third kappa shape index (κ3) is 5.75. The van der Waals surface area contributed by atoms with Gasteiger partial charge in [0, 0.05) is 37.9 Å². The van der Waals surface area contributed by atoms with Gasteiger partial charge >= 0.3 is 6.03 Å². The molecule has 1 N–H and O–H groups in total. The smallest absolute Gasteiger partial charge is 0.317 e. The second-order valence-corrected chi connectivity index (χ2v) is 6.61. The van der Waals surface area contributed by atoms with Crippen molar-refractivity contribution in [2.75, 3.05) is 51.7 Å². The second-order valence-electron chi connectivity index (χ2n) is 6.61. The first-order chi connectivity index (χ1) is 11.1. The lowest BCUT2D eigenvalue weighted by atomic mass is 10.2. The summed E-state index contributed by atoms with van der Waals surface area (Å²) in [6.07, 6.45) is 1.98. The van der Waals surface area contributed by atoms with E-state index >= 15 is 0 Å². The second kappa shape index (κ2) is 8.77. The molecule has 128 valence electrons. The van der Waals surface area contributed by atoms with E-state index in [2.05, 4.69) is 60.4 Å². The Labute approximate surface area is 140 Å². The van der Waals surface area contributed by atoms with Crippen LogP contribution in [0.2, 0.25) is 0 Å². The van der Waals surface area contributed by atoms with Crippen LogP contribution >= 0.6 is 0 Å². The Morgan fingerprint density at radius 1 is 1.17 bits per heavy atom. The van der Waals surface area contributed by atoms with Gasteiger partial charge < -0.3 is 20.0 Å². The molecule has 1 saturated heterocycles. The molecule has 0 radical (unpaired) electrons. The number of benzene rings is 1. The van der Waals surface area contributed by atoms with E-state index in [-0.39, 0.29) is 12.1 Å². The zero-order valence-electron chi connectivity index (χ0n) is 14.7. The highest BCUT2D eigenvalue weighted by Gasteiger charge is 2.20. The number of para-hydroxylation sites is 1. The van der Waals surface area contributed by atoms with Crippen molar-refractivity contribution in [1.82, 2.24) is 15.1 Å². The van der Waals surface area contributed by atoms with Crippen molar-refractivity contribution in [2.24, 2.45) is 0 Å². The van der Waals surface area contributed by atoms with E-state index in [9.17, 15) is 4.79 Å². The number of urea groups is 1. The summed E-state index contributed by atoms with van der Waals surface area (Å²) in [4.78, 5) is 18.9. The van der Waals surface area contributed by atoms with Crippen LogP contribution in [0, 0.1) is 0 Å². The lowest BCUT2D eigenvalue weighted by Gasteiger charge is -2.25. The van der Waals surface area contributed by atoms with Crippen molar-refractivity contribution >= 4 is 11.7 Å². The van der Waals surface area contributed by atoms with Crippen molar-refractivity contribution in [3.8, 4) is 0 Å². The van der Waals surface area contributed by atoms with Crippen LogP contribution in [0.4, 0.5) is 10.5 Å². The third-order valence-electron chi connectivity index (χ3n) is 4.28. The average Bonchev–Trinajstić information content (AvgIpc) is 2.80. The topological polar surface area (TPSA) is 38.8 Å². The molecule has 1 fully saturated rings. The maximum Gasteiger partial charge on any atom is 0.317 e. The van der Waals surface area contributed by atoms with E-state index in [1.165, 1.54) is 5.69 Å². The lowest BCUT2D eigenvalue weighted by Crippen LogP contribution is -2.46. The van der Waals surface area contributed by atoms with Crippen LogP contribution in [-0.4, -0.2) is 68.7 Å². The van der Waals surface area contributed by atoms with Crippen LogP contribution in [-0.2, 0) is 0 Å². The largest absolute Gasteiger partial charge is 0.370 e. The number of hydrogen-bond acceptors (Lipinski definition) is 3. The molecule has 1 aromatic carbocycles. The predicted molar refractivity (Wildman–Crippen MR) is 96.0 cm³/mol. The Kier molecular flexibility index (Phi) is 6.71. The maximum absolute atomic E-state index is 12.4. The van der Waals surface area contributed by atoms with Crippen LogP contribution in [0.3, 0.4) is 0 Å². The molecule has 0 spiro atoms. The molecule has 1 atom stereocenters. The summed E-state index contributed by atoms with van der Waals surface area (Å²) in [5, 5.41) is 3.13. The Balaban J connectivity index is 1.81. The summed E-state index contributed by atoms with van der Waals surface area (Å²) >= 11 is 0. The van der Waals surface area contributed by atoms with E-state index in [0.717, 1.165) is 45.6 Å². The summed E-state index contributed by atoms with van der Waals surface area (Å²) in [5.74, 6) is 0. The zero-order valence-corrected chi connectivity index (χ0v) is 14.7. The normalized spacial score (nSPS) is 17.0. The van der Waals surface area contributed by atoms with Crippen molar-refractivity contribution in [1.29, 1.82) is 0 Å². The van der Waals surface area contributed by atoms with E-state index in [1.54, 1.807) is 0 Å². The molecule has 1 aliphatic heterocycles. The Bertz CT molecular complexity index is 477. The average molecular weight is 318 g/mol.